The second-order valence-corrected chi connectivity index (χ2v) is 5.88. The summed E-state index contributed by atoms with van der Waals surface area (Å²) in [6.07, 6.45) is 2.54. The molecule has 0 heterocycles. The minimum atomic E-state index is -0.589. The van der Waals surface area contributed by atoms with Gasteiger partial charge in [-0.2, -0.15) is 0 Å². The molecule has 2 amide bonds. The highest BCUT2D eigenvalue weighted by atomic mass is 79.9. The van der Waals surface area contributed by atoms with Gasteiger partial charge in [-0.05, 0) is 35.9 Å². The number of rotatable bonds is 6. The van der Waals surface area contributed by atoms with Crippen LogP contribution in [0.3, 0.4) is 0 Å². The van der Waals surface area contributed by atoms with Gasteiger partial charge in [-0.15, -0.1) is 0 Å². The summed E-state index contributed by atoms with van der Waals surface area (Å²) in [4.78, 5) is 33.4. The lowest BCUT2D eigenvalue weighted by Crippen LogP contribution is -2.43. The van der Waals surface area contributed by atoms with E-state index in [1.807, 2.05) is 0 Å². The molecule has 2 aromatic rings. The highest BCUT2D eigenvalue weighted by Gasteiger charge is 2.05. The van der Waals surface area contributed by atoms with Crippen LogP contribution in [0.4, 0.5) is 5.69 Å². The average molecular weight is 420 g/mol. The van der Waals surface area contributed by atoms with Crippen LogP contribution in [0.25, 0.3) is 6.08 Å². The summed E-state index contributed by atoms with van der Waals surface area (Å²) in [6.45, 7) is -0.267. The maximum atomic E-state index is 11.7. The third-order valence-electron chi connectivity index (χ3n) is 3.02. The van der Waals surface area contributed by atoms with Crippen molar-refractivity contribution in [1.82, 2.24) is 10.9 Å². The number of amides is 2. The Kier molecular flexibility index (Phi) is 6.86. The molecular weight excluding hydrogens is 406 g/mol. The molecule has 26 heavy (non-hydrogen) atoms. The number of hydrogen-bond donors (Lipinski definition) is 2. The molecule has 0 aliphatic carbocycles. The molecule has 0 spiro atoms. The van der Waals surface area contributed by atoms with E-state index in [-0.39, 0.29) is 12.3 Å². The zero-order valence-electron chi connectivity index (χ0n) is 13.3. The molecule has 2 N–H and O–H groups in total. The Morgan fingerprint density at radius 2 is 1.88 bits per heavy atom. The third-order valence-corrected chi connectivity index (χ3v) is 3.55. The van der Waals surface area contributed by atoms with Crippen molar-refractivity contribution in [2.75, 3.05) is 6.61 Å². The second kappa shape index (κ2) is 9.33. The normalized spacial score (nSPS) is 10.3. The number of hydrogen-bond acceptors (Lipinski definition) is 5. The van der Waals surface area contributed by atoms with Crippen LogP contribution in [0.15, 0.2) is 59.1 Å². The Balaban J connectivity index is 1.77. The van der Waals surface area contributed by atoms with Crippen LogP contribution in [0.2, 0.25) is 0 Å². The summed E-state index contributed by atoms with van der Waals surface area (Å²) in [5.41, 5.74) is 4.79. The molecule has 8 nitrogen and oxygen atoms in total. The van der Waals surface area contributed by atoms with Crippen molar-refractivity contribution < 1.29 is 19.2 Å². The molecule has 0 saturated heterocycles. The molecular formula is C17H14BrN3O5. The van der Waals surface area contributed by atoms with E-state index < -0.39 is 16.7 Å². The summed E-state index contributed by atoms with van der Waals surface area (Å²) in [7, 11) is 0. The number of nitrogens with one attached hydrogen (secondary N) is 2. The van der Waals surface area contributed by atoms with Gasteiger partial charge in [-0.1, -0.05) is 28.1 Å². The summed E-state index contributed by atoms with van der Waals surface area (Å²) in [5, 5.41) is 10.7. The van der Waals surface area contributed by atoms with Crippen molar-refractivity contribution in [3.05, 3.63) is 74.8 Å². The Labute approximate surface area is 157 Å². The Hall–Kier alpha value is -3.20. The van der Waals surface area contributed by atoms with Crippen LogP contribution < -0.4 is 15.6 Å². The van der Waals surface area contributed by atoms with Gasteiger partial charge in [-0.3, -0.25) is 30.6 Å². The number of carbonyl (C=O) groups excluding carboxylic acids is 2. The maximum Gasteiger partial charge on any atom is 0.276 e. The molecule has 0 aliphatic heterocycles. The predicted octanol–water partition coefficient (Wildman–Crippen LogP) is 2.60. The van der Waals surface area contributed by atoms with Crippen LogP contribution >= 0.6 is 15.9 Å². The van der Waals surface area contributed by atoms with Crippen molar-refractivity contribution in [1.29, 1.82) is 0 Å². The monoisotopic (exact) mass is 419 g/mol. The molecule has 2 rings (SSSR count). The topological polar surface area (TPSA) is 111 Å². The molecule has 0 aliphatic rings. The van der Waals surface area contributed by atoms with Gasteiger partial charge in [0.05, 0.1) is 4.92 Å². The zero-order chi connectivity index (χ0) is 18.9. The number of ether oxygens (including phenoxy) is 1. The van der Waals surface area contributed by atoms with E-state index >= 15 is 0 Å². The van der Waals surface area contributed by atoms with Crippen molar-refractivity contribution >= 4 is 39.5 Å². The van der Waals surface area contributed by atoms with Gasteiger partial charge in [0.15, 0.2) is 6.61 Å². The first-order chi connectivity index (χ1) is 12.4. The van der Waals surface area contributed by atoms with E-state index in [4.69, 9.17) is 4.74 Å². The molecule has 2 aromatic carbocycles. The van der Waals surface area contributed by atoms with Gasteiger partial charge in [0.25, 0.3) is 17.5 Å². The van der Waals surface area contributed by atoms with E-state index in [9.17, 15) is 19.7 Å². The molecule has 0 atom stereocenters. The molecule has 9 heteroatoms. The zero-order valence-corrected chi connectivity index (χ0v) is 14.9. The first-order valence-corrected chi connectivity index (χ1v) is 8.13. The Bertz CT molecular complexity index is 837. The number of nitro benzene ring substituents is 1. The van der Waals surface area contributed by atoms with Crippen molar-refractivity contribution in [2.24, 2.45) is 0 Å². The average Bonchev–Trinajstić information content (AvgIpc) is 2.64. The van der Waals surface area contributed by atoms with Crippen LogP contribution in [-0.4, -0.2) is 23.3 Å². The summed E-state index contributed by atoms with van der Waals surface area (Å²) < 4.78 is 6.14. The SMILES string of the molecule is O=C(/C=C/c1cccc([N+](=O)[O-])c1)NNC(=O)COc1ccc(Br)cc1. The van der Waals surface area contributed by atoms with Gasteiger partial charge in [0.2, 0.25) is 0 Å². The molecule has 0 saturated carbocycles. The molecule has 0 fully saturated rings. The highest BCUT2D eigenvalue weighted by Crippen LogP contribution is 2.16. The van der Waals surface area contributed by atoms with Crippen molar-refractivity contribution in [3.63, 3.8) is 0 Å². The minimum absolute atomic E-state index is 0.0778. The van der Waals surface area contributed by atoms with E-state index in [0.29, 0.717) is 11.3 Å². The lowest BCUT2D eigenvalue weighted by molar-refractivity contribution is -0.384. The number of nitro groups is 1. The number of halogens is 1. The number of non-ortho nitro benzene ring substituents is 1. The molecule has 0 bridgehead atoms. The van der Waals surface area contributed by atoms with Gasteiger partial charge < -0.3 is 4.74 Å². The van der Waals surface area contributed by atoms with E-state index in [1.54, 1.807) is 30.3 Å². The van der Waals surface area contributed by atoms with Crippen molar-refractivity contribution in [3.8, 4) is 5.75 Å². The van der Waals surface area contributed by atoms with E-state index in [0.717, 1.165) is 10.5 Å². The number of hydrazine groups is 1. The summed E-state index contributed by atoms with van der Waals surface area (Å²) in [5.74, 6) is -0.612. The Morgan fingerprint density at radius 3 is 2.58 bits per heavy atom. The smallest absolute Gasteiger partial charge is 0.276 e. The minimum Gasteiger partial charge on any atom is -0.484 e. The Morgan fingerprint density at radius 1 is 1.15 bits per heavy atom. The fourth-order valence-electron chi connectivity index (χ4n) is 1.80. The fourth-order valence-corrected chi connectivity index (χ4v) is 2.07. The lowest BCUT2D eigenvalue weighted by atomic mass is 10.2. The largest absolute Gasteiger partial charge is 0.484 e. The molecule has 0 aromatic heterocycles. The van der Waals surface area contributed by atoms with E-state index in [2.05, 4.69) is 26.8 Å². The summed E-state index contributed by atoms with van der Waals surface area (Å²) >= 11 is 3.29. The highest BCUT2D eigenvalue weighted by molar-refractivity contribution is 9.10. The van der Waals surface area contributed by atoms with Crippen molar-refractivity contribution in [2.45, 2.75) is 0 Å². The number of carbonyl (C=O) groups is 2. The second-order valence-electron chi connectivity index (χ2n) is 4.97. The molecule has 0 unspecified atom stereocenters. The van der Waals surface area contributed by atoms with Crippen LogP contribution in [0.5, 0.6) is 5.75 Å². The van der Waals surface area contributed by atoms with Crippen LogP contribution in [0.1, 0.15) is 5.56 Å². The molecule has 134 valence electrons. The lowest BCUT2D eigenvalue weighted by Gasteiger charge is -2.07. The number of nitrogens with zero attached hydrogens (tertiary/aromatic N) is 1. The quantitative estimate of drug-likeness (QED) is 0.424. The van der Waals surface area contributed by atoms with Gasteiger partial charge >= 0.3 is 0 Å². The van der Waals surface area contributed by atoms with E-state index in [1.165, 1.54) is 24.3 Å². The van der Waals surface area contributed by atoms with Gasteiger partial charge in [0.1, 0.15) is 5.75 Å². The standard InChI is InChI=1S/C17H14BrN3O5/c18-13-5-7-15(8-6-13)26-11-17(23)20-19-16(22)9-4-12-2-1-3-14(10-12)21(24)25/h1-10H,11H2,(H,19,22)(H,20,23)/b9-4+. The first kappa shape index (κ1) is 19.1. The van der Waals surface area contributed by atoms with Gasteiger partial charge in [-0.25, -0.2) is 0 Å². The molecule has 0 radical (unpaired) electrons. The third kappa shape index (κ3) is 6.36. The number of benzene rings is 2. The first-order valence-electron chi connectivity index (χ1n) is 7.34. The fraction of sp³-hybridized carbons (Fsp3) is 0.0588. The van der Waals surface area contributed by atoms with Gasteiger partial charge in [0, 0.05) is 22.7 Å². The predicted molar refractivity (Wildman–Crippen MR) is 98.1 cm³/mol. The summed E-state index contributed by atoms with van der Waals surface area (Å²) in [6, 6.07) is 12.7. The van der Waals surface area contributed by atoms with Crippen LogP contribution in [-0.2, 0) is 9.59 Å². The van der Waals surface area contributed by atoms with Crippen LogP contribution in [0, 0.1) is 10.1 Å². The maximum absolute atomic E-state index is 11.7.